The van der Waals surface area contributed by atoms with E-state index in [1.165, 1.54) is 12.8 Å². The zero-order valence-electron chi connectivity index (χ0n) is 16.0. The molecule has 2 nitrogen and oxygen atoms in total. The molecule has 2 aliphatic rings. The second-order valence-electron chi connectivity index (χ2n) is 8.92. The molecule has 0 unspecified atom stereocenters. The van der Waals surface area contributed by atoms with Crippen molar-refractivity contribution in [3.8, 4) is 11.8 Å². The van der Waals surface area contributed by atoms with Gasteiger partial charge in [-0.1, -0.05) is 50.3 Å². The lowest BCUT2D eigenvalue weighted by molar-refractivity contribution is -0.0224. The quantitative estimate of drug-likeness (QED) is 0.779. The van der Waals surface area contributed by atoms with Gasteiger partial charge in [0.15, 0.2) is 0 Å². The topological polar surface area (TPSA) is 40.5 Å². The summed E-state index contributed by atoms with van der Waals surface area (Å²) in [5.74, 6) is 8.13. The van der Waals surface area contributed by atoms with Crippen LogP contribution in [-0.2, 0) is 5.60 Å². The maximum absolute atomic E-state index is 10.4. The third-order valence-corrected chi connectivity index (χ3v) is 6.79. The van der Waals surface area contributed by atoms with Crippen molar-refractivity contribution in [3.63, 3.8) is 0 Å². The van der Waals surface area contributed by atoms with Gasteiger partial charge in [0.2, 0.25) is 0 Å². The maximum Gasteiger partial charge on any atom is 0.0852 e. The molecule has 0 aliphatic heterocycles. The van der Waals surface area contributed by atoms with Crippen molar-refractivity contribution < 1.29 is 10.2 Å². The normalized spacial score (nSPS) is 33.3. The summed E-state index contributed by atoms with van der Waals surface area (Å²) in [4.78, 5) is 0. The summed E-state index contributed by atoms with van der Waals surface area (Å²) >= 11 is 0. The highest BCUT2D eigenvalue weighted by molar-refractivity contribution is 5.44. The van der Waals surface area contributed by atoms with E-state index in [4.69, 9.17) is 0 Å². The summed E-state index contributed by atoms with van der Waals surface area (Å²) in [5, 5.41) is 20.8. The molecular formula is C23H32O2. The highest BCUT2D eigenvalue weighted by atomic mass is 16.3. The van der Waals surface area contributed by atoms with Gasteiger partial charge in [-0.25, -0.2) is 0 Å². The van der Waals surface area contributed by atoms with E-state index < -0.39 is 5.60 Å². The molecule has 2 aliphatic carbocycles. The van der Waals surface area contributed by atoms with Crippen LogP contribution in [0.25, 0.3) is 0 Å². The van der Waals surface area contributed by atoms with Crippen LogP contribution in [0.2, 0.25) is 0 Å². The minimum atomic E-state index is -0.883. The first kappa shape index (κ1) is 18.5. The van der Waals surface area contributed by atoms with Crippen LogP contribution in [0.15, 0.2) is 24.3 Å². The first-order chi connectivity index (χ1) is 11.7. The third-order valence-electron chi connectivity index (χ3n) is 6.79. The van der Waals surface area contributed by atoms with Crippen LogP contribution in [0.5, 0.6) is 0 Å². The molecule has 1 aromatic carbocycles. The van der Waals surface area contributed by atoms with E-state index in [-0.39, 0.29) is 11.5 Å². The van der Waals surface area contributed by atoms with Crippen molar-refractivity contribution in [2.24, 2.45) is 23.2 Å². The molecule has 0 saturated heterocycles. The fourth-order valence-corrected chi connectivity index (χ4v) is 5.43. The molecule has 0 amide bonds. The summed E-state index contributed by atoms with van der Waals surface area (Å²) in [6, 6.07) is 7.89. The Morgan fingerprint density at radius 1 is 1.20 bits per heavy atom. The standard InChI is InChI=1S/C23H32O2/c1-16(11-12-17-8-5-6-9-19(17)22(2,3)25)18-13-14-20-21(24)10-7-15-23(18,20)4/h5-6,8-9,16,18,20-21,24-25H,7,10,13-15H2,1-4H3/t16-,18+,20-,21-,23+/m0/s1. The Hall–Kier alpha value is -1.30. The fourth-order valence-electron chi connectivity index (χ4n) is 5.43. The molecule has 0 radical (unpaired) electrons. The summed E-state index contributed by atoms with van der Waals surface area (Å²) < 4.78 is 0. The molecule has 2 saturated carbocycles. The van der Waals surface area contributed by atoms with Crippen molar-refractivity contribution in [1.82, 2.24) is 0 Å². The van der Waals surface area contributed by atoms with Crippen LogP contribution >= 0.6 is 0 Å². The van der Waals surface area contributed by atoms with Gasteiger partial charge >= 0.3 is 0 Å². The molecule has 2 heteroatoms. The summed E-state index contributed by atoms with van der Waals surface area (Å²) in [7, 11) is 0. The van der Waals surface area contributed by atoms with Crippen molar-refractivity contribution >= 4 is 0 Å². The predicted molar refractivity (Wildman–Crippen MR) is 102 cm³/mol. The van der Waals surface area contributed by atoms with E-state index in [2.05, 4.69) is 25.7 Å². The molecule has 5 atom stereocenters. The van der Waals surface area contributed by atoms with Crippen molar-refractivity contribution in [2.45, 2.75) is 71.5 Å². The Balaban J connectivity index is 1.83. The Morgan fingerprint density at radius 3 is 2.64 bits per heavy atom. The number of hydrogen-bond acceptors (Lipinski definition) is 2. The first-order valence-electron chi connectivity index (χ1n) is 9.75. The summed E-state index contributed by atoms with van der Waals surface area (Å²) in [6.45, 7) is 8.23. The van der Waals surface area contributed by atoms with Gasteiger partial charge in [-0.2, -0.15) is 0 Å². The van der Waals surface area contributed by atoms with Gasteiger partial charge < -0.3 is 10.2 Å². The molecule has 25 heavy (non-hydrogen) atoms. The van der Waals surface area contributed by atoms with E-state index in [1.54, 1.807) is 0 Å². The van der Waals surface area contributed by atoms with Crippen molar-refractivity contribution in [2.75, 3.05) is 0 Å². The molecule has 2 fully saturated rings. The van der Waals surface area contributed by atoms with Gasteiger partial charge in [-0.15, -0.1) is 0 Å². The predicted octanol–water partition coefficient (Wildman–Crippen LogP) is 4.48. The zero-order chi connectivity index (χ0) is 18.2. The fraction of sp³-hybridized carbons (Fsp3) is 0.652. The molecule has 0 aromatic heterocycles. The van der Waals surface area contributed by atoms with Crippen molar-refractivity contribution in [3.05, 3.63) is 35.4 Å². The minimum absolute atomic E-state index is 0.125. The minimum Gasteiger partial charge on any atom is -0.393 e. The number of aliphatic hydroxyl groups is 2. The van der Waals surface area contributed by atoms with Gasteiger partial charge in [0.1, 0.15) is 0 Å². The third kappa shape index (κ3) is 3.50. The Bertz CT molecular complexity index is 675. The van der Waals surface area contributed by atoms with Crippen LogP contribution < -0.4 is 0 Å². The molecular weight excluding hydrogens is 308 g/mol. The largest absolute Gasteiger partial charge is 0.393 e. The zero-order valence-corrected chi connectivity index (χ0v) is 16.0. The Labute approximate surface area is 152 Å². The lowest BCUT2D eigenvalue weighted by Gasteiger charge is -2.44. The summed E-state index contributed by atoms with van der Waals surface area (Å²) in [6.07, 6.45) is 5.49. The van der Waals surface area contributed by atoms with Crippen LogP contribution in [0.4, 0.5) is 0 Å². The molecule has 0 heterocycles. The smallest absolute Gasteiger partial charge is 0.0852 e. The molecule has 1 aromatic rings. The maximum atomic E-state index is 10.4. The number of benzene rings is 1. The van der Waals surface area contributed by atoms with E-state index in [0.29, 0.717) is 17.8 Å². The SMILES string of the molecule is C[C@@H](C#Cc1ccccc1C(C)(C)O)[C@H]1CC[C@H]2[C@@H](O)CCC[C@]12C. The number of hydrogen-bond donors (Lipinski definition) is 2. The lowest BCUT2D eigenvalue weighted by Crippen LogP contribution is -2.41. The highest BCUT2D eigenvalue weighted by Gasteiger charge is 2.52. The Morgan fingerprint density at radius 2 is 1.92 bits per heavy atom. The second-order valence-corrected chi connectivity index (χ2v) is 8.92. The highest BCUT2D eigenvalue weighted by Crippen LogP contribution is 2.57. The molecule has 136 valence electrons. The van der Waals surface area contributed by atoms with E-state index in [1.807, 2.05) is 38.1 Å². The number of rotatable bonds is 2. The van der Waals surface area contributed by atoms with E-state index in [0.717, 1.165) is 30.4 Å². The number of fused-ring (bicyclic) bond motifs is 1. The second kappa shape index (κ2) is 6.78. The van der Waals surface area contributed by atoms with Crippen LogP contribution in [0.3, 0.4) is 0 Å². The van der Waals surface area contributed by atoms with Gasteiger partial charge in [0, 0.05) is 11.5 Å². The van der Waals surface area contributed by atoms with Gasteiger partial charge in [0.05, 0.1) is 11.7 Å². The summed E-state index contributed by atoms with van der Waals surface area (Å²) in [5.41, 5.74) is 1.15. The first-order valence-corrected chi connectivity index (χ1v) is 9.75. The molecule has 3 rings (SSSR count). The Kier molecular flexibility index (Phi) is 5.02. The monoisotopic (exact) mass is 340 g/mol. The molecule has 0 spiro atoms. The van der Waals surface area contributed by atoms with E-state index in [9.17, 15) is 10.2 Å². The van der Waals surface area contributed by atoms with Gasteiger partial charge in [0.25, 0.3) is 0 Å². The molecule has 0 bridgehead atoms. The van der Waals surface area contributed by atoms with Crippen LogP contribution in [0.1, 0.15) is 70.9 Å². The van der Waals surface area contributed by atoms with Crippen molar-refractivity contribution in [1.29, 1.82) is 0 Å². The van der Waals surface area contributed by atoms with Gasteiger partial charge in [-0.05, 0) is 68.4 Å². The van der Waals surface area contributed by atoms with E-state index >= 15 is 0 Å². The average molecular weight is 341 g/mol. The van der Waals surface area contributed by atoms with Crippen LogP contribution in [-0.4, -0.2) is 16.3 Å². The molecule has 2 N–H and O–H groups in total. The van der Waals surface area contributed by atoms with Crippen LogP contribution in [0, 0.1) is 35.0 Å². The average Bonchev–Trinajstić information content (AvgIpc) is 2.90. The number of aliphatic hydroxyl groups excluding tert-OH is 1. The lowest BCUT2D eigenvalue weighted by atomic mass is 9.62. The van der Waals surface area contributed by atoms with Gasteiger partial charge in [-0.3, -0.25) is 0 Å².